The topological polar surface area (TPSA) is 110 Å². The normalized spacial score (nSPS) is 18.7. The number of hydrogen-bond donors (Lipinski definition) is 0. The summed E-state index contributed by atoms with van der Waals surface area (Å²) >= 11 is 0. The molecule has 1 saturated heterocycles. The van der Waals surface area contributed by atoms with Crippen molar-refractivity contribution < 1.29 is 36.0 Å². The van der Waals surface area contributed by atoms with Crippen LogP contribution in [0.1, 0.15) is 18.1 Å². The molecule has 1 fully saturated rings. The summed E-state index contributed by atoms with van der Waals surface area (Å²) in [5, 5.41) is 11.3. The molecule has 13 heteroatoms. The third kappa shape index (κ3) is 5.80. The van der Waals surface area contributed by atoms with Gasteiger partial charge < -0.3 is 4.74 Å². The lowest BCUT2D eigenvalue weighted by Crippen LogP contribution is -2.58. The highest BCUT2D eigenvalue weighted by atomic mass is 32.2. The first-order valence-electron chi connectivity index (χ1n) is 10.6. The maximum atomic E-state index is 13.2. The number of para-hydroxylation sites is 1. The molecule has 0 unspecified atom stereocenters. The first-order valence-corrected chi connectivity index (χ1v) is 12.0. The maximum absolute atomic E-state index is 13.2. The number of rotatable bonds is 7. The summed E-state index contributed by atoms with van der Waals surface area (Å²) < 4.78 is 71.0. The molecule has 0 saturated carbocycles. The van der Waals surface area contributed by atoms with E-state index < -0.39 is 55.3 Å². The highest BCUT2D eigenvalue weighted by molar-refractivity contribution is 7.89. The second-order valence-corrected chi connectivity index (χ2v) is 9.98. The summed E-state index contributed by atoms with van der Waals surface area (Å²) in [5.41, 5.74) is -0.855. The van der Waals surface area contributed by atoms with Crippen molar-refractivity contribution in [3.05, 3.63) is 69.8 Å². The van der Waals surface area contributed by atoms with Gasteiger partial charge in [-0.15, -0.1) is 0 Å². The Kier molecular flexibility index (Phi) is 7.82. The van der Waals surface area contributed by atoms with Crippen molar-refractivity contribution in [3.63, 3.8) is 0 Å². The highest BCUT2D eigenvalue weighted by Gasteiger charge is 2.40. The minimum Gasteiger partial charge on any atom is -0.468 e. The summed E-state index contributed by atoms with van der Waals surface area (Å²) in [6, 6.07) is 8.02. The summed E-state index contributed by atoms with van der Waals surface area (Å²) in [4.78, 5) is 24.4. The Morgan fingerprint density at radius 3 is 2.34 bits per heavy atom. The third-order valence-corrected chi connectivity index (χ3v) is 7.93. The molecule has 0 spiro atoms. The quantitative estimate of drug-likeness (QED) is 0.317. The van der Waals surface area contributed by atoms with Gasteiger partial charge in [0.1, 0.15) is 6.04 Å². The lowest BCUT2D eigenvalue weighted by Gasteiger charge is -2.41. The number of sulfonamides is 1. The maximum Gasteiger partial charge on any atom is 0.416 e. The Morgan fingerprint density at radius 2 is 1.80 bits per heavy atom. The van der Waals surface area contributed by atoms with Gasteiger partial charge in [0, 0.05) is 31.7 Å². The molecule has 0 amide bonds. The van der Waals surface area contributed by atoms with E-state index in [2.05, 4.69) is 0 Å². The molecule has 1 aliphatic heterocycles. The van der Waals surface area contributed by atoms with Crippen LogP contribution in [0.2, 0.25) is 0 Å². The smallest absolute Gasteiger partial charge is 0.416 e. The second kappa shape index (κ2) is 10.3. The van der Waals surface area contributed by atoms with E-state index >= 15 is 0 Å². The molecule has 1 heterocycles. The first-order chi connectivity index (χ1) is 16.4. The second-order valence-electron chi connectivity index (χ2n) is 8.12. The van der Waals surface area contributed by atoms with Crippen molar-refractivity contribution in [3.8, 4) is 0 Å². The molecule has 9 nitrogen and oxygen atoms in total. The van der Waals surface area contributed by atoms with Crippen LogP contribution in [0.15, 0.2) is 53.4 Å². The predicted molar refractivity (Wildman–Crippen MR) is 119 cm³/mol. The molecule has 3 rings (SSSR count). The lowest BCUT2D eigenvalue weighted by molar-refractivity contribution is -0.387. The van der Waals surface area contributed by atoms with Crippen LogP contribution in [0.5, 0.6) is 0 Å². The van der Waals surface area contributed by atoms with E-state index in [0.717, 1.165) is 22.5 Å². The van der Waals surface area contributed by atoms with Crippen molar-refractivity contribution in [2.45, 2.75) is 36.5 Å². The van der Waals surface area contributed by atoms with Gasteiger partial charge in [-0.05, 0) is 37.1 Å². The number of alkyl halides is 3. The fourth-order valence-corrected chi connectivity index (χ4v) is 5.88. The van der Waals surface area contributed by atoms with Gasteiger partial charge in [-0.1, -0.05) is 24.3 Å². The molecule has 2 atom stereocenters. The minimum atomic E-state index is -4.48. The molecule has 35 heavy (non-hydrogen) atoms. The monoisotopic (exact) mass is 515 g/mol. The van der Waals surface area contributed by atoms with Crippen LogP contribution in [-0.2, 0) is 32.2 Å². The lowest BCUT2D eigenvalue weighted by atomic mass is 10.0. The minimum absolute atomic E-state index is 0.0456. The zero-order chi connectivity index (χ0) is 26.0. The van der Waals surface area contributed by atoms with Crippen LogP contribution >= 0.6 is 0 Å². The number of methoxy groups -OCH3 is 1. The van der Waals surface area contributed by atoms with Crippen molar-refractivity contribution in [2.24, 2.45) is 0 Å². The fraction of sp³-hybridized carbons (Fsp3) is 0.409. The van der Waals surface area contributed by atoms with Crippen LogP contribution in [0.3, 0.4) is 0 Å². The first kappa shape index (κ1) is 26.6. The molecule has 1 aliphatic rings. The SMILES string of the molecule is COC(=O)[C@H](Cc1ccc(C(F)(F)F)cc1)N1CCN(S(=O)(=O)c2ccccc2[N+](=O)[O-])[C@@H](C)C1. The van der Waals surface area contributed by atoms with E-state index in [4.69, 9.17) is 4.74 Å². The van der Waals surface area contributed by atoms with E-state index in [1.807, 2.05) is 0 Å². The van der Waals surface area contributed by atoms with Crippen LogP contribution in [0, 0.1) is 10.1 Å². The molecular weight excluding hydrogens is 491 g/mol. The Morgan fingerprint density at radius 1 is 1.17 bits per heavy atom. The summed E-state index contributed by atoms with van der Waals surface area (Å²) in [6.07, 6.45) is -4.42. The highest BCUT2D eigenvalue weighted by Crippen LogP contribution is 2.31. The van der Waals surface area contributed by atoms with Crippen LogP contribution < -0.4 is 0 Å². The van der Waals surface area contributed by atoms with Gasteiger partial charge in [0.2, 0.25) is 10.0 Å². The molecule has 0 aliphatic carbocycles. The number of piperazine rings is 1. The molecule has 2 aromatic rings. The van der Waals surface area contributed by atoms with Gasteiger partial charge >= 0.3 is 12.1 Å². The number of ether oxygens (including phenoxy) is 1. The largest absolute Gasteiger partial charge is 0.468 e. The van der Waals surface area contributed by atoms with Crippen LogP contribution in [0.4, 0.5) is 18.9 Å². The Bertz CT molecular complexity index is 1190. The van der Waals surface area contributed by atoms with E-state index in [9.17, 15) is 36.5 Å². The predicted octanol–water partition coefficient (Wildman–Crippen LogP) is 3.09. The van der Waals surface area contributed by atoms with Gasteiger partial charge in [-0.25, -0.2) is 8.42 Å². The van der Waals surface area contributed by atoms with Crippen molar-refractivity contribution >= 4 is 21.7 Å². The van der Waals surface area contributed by atoms with Gasteiger partial charge in [-0.3, -0.25) is 19.8 Å². The van der Waals surface area contributed by atoms with E-state index in [1.54, 1.807) is 11.8 Å². The Balaban J connectivity index is 1.80. The molecule has 0 aromatic heterocycles. The number of nitrogens with zero attached hydrogens (tertiary/aromatic N) is 3. The van der Waals surface area contributed by atoms with Gasteiger partial charge in [0.25, 0.3) is 5.69 Å². The zero-order valence-electron chi connectivity index (χ0n) is 18.9. The summed E-state index contributed by atoms with van der Waals surface area (Å²) in [6.45, 7) is 1.80. The molecule has 190 valence electrons. The number of nitro groups is 1. The van der Waals surface area contributed by atoms with E-state index in [1.165, 1.54) is 37.4 Å². The van der Waals surface area contributed by atoms with E-state index in [-0.39, 0.29) is 26.1 Å². The number of halogens is 3. The molecule has 0 bridgehead atoms. The Labute approximate surface area is 200 Å². The van der Waals surface area contributed by atoms with Crippen molar-refractivity contribution in [2.75, 3.05) is 26.7 Å². The molecular formula is C22H24F3N3O6S. The molecule has 0 N–H and O–H groups in total. The number of carbonyl (C=O) groups is 1. The number of nitro benzene ring substituents is 1. The zero-order valence-corrected chi connectivity index (χ0v) is 19.8. The fourth-order valence-electron chi connectivity index (χ4n) is 4.11. The van der Waals surface area contributed by atoms with Crippen molar-refractivity contribution in [1.82, 2.24) is 9.21 Å². The standard InChI is InChI=1S/C22H24F3N3O6S/c1-15-14-26(11-12-27(15)35(32,33)20-6-4-3-5-18(20)28(30)31)19(21(29)34-2)13-16-7-9-17(10-8-16)22(23,24)25/h3-10,15,19H,11-14H2,1-2H3/t15-,19-/m0/s1. The average molecular weight is 516 g/mol. The Hall–Kier alpha value is -3.03. The van der Waals surface area contributed by atoms with E-state index in [0.29, 0.717) is 5.56 Å². The van der Waals surface area contributed by atoms with Gasteiger partial charge in [0.15, 0.2) is 4.90 Å². The summed E-state index contributed by atoms with van der Waals surface area (Å²) in [7, 11) is -3.00. The van der Waals surface area contributed by atoms with Crippen LogP contribution in [-0.4, -0.2) is 67.3 Å². The summed E-state index contributed by atoms with van der Waals surface area (Å²) in [5.74, 6) is -0.605. The molecule has 0 radical (unpaired) electrons. The van der Waals surface area contributed by atoms with Crippen molar-refractivity contribution in [1.29, 1.82) is 0 Å². The third-order valence-electron chi connectivity index (χ3n) is 5.87. The number of carbonyl (C=O) groups excluding carboxylic acids is 1. The molecule has 2 aromatic carbocycles. The number of benzene rings is 2. The van der Waals surface area contributed by atoms with Gasteiger partial charge in [-0.2, -0.15) is 17.5 Å². The van der Waals surface area contributed by atoms with Gasteiger partial charge in [0.05, 0.1) is 17.6 Å². The number of hydrogen-bond acceptors (Lipinski definition) is 7. The van der Waals surface area contributed by atoms with Crippen LogP contribution in [0.25, 0.3) is 0 Å². The average Bonchev–Trinajstić information content (AvgIpc) is 2.81. The number of esters is 1.